The van der Waals surface area contributed by atoms with E-state index in [1.165, 1.54) is 0 Å². The molecule has 0 radical (unpaired) electrons. The van der Waals surface area contributed by atoms with Gasteiger partial charge in [-0.2, -0.15) is 0 Å². The van der Waals surface area contributed by atoms with E-state index in [9.17, 15) is 0 Å². The van der Waals surface area contributed by atoms with Crippen LogP contribution in [0.3, 0.4) is 0 Å². The van der Waals surface area contributed by atoms with Gasteiger partial charge in [-0.3, -0.25) is 0 Å². The SMILES string of the molecule is C#CC1(c2c(OC)ccnc2OC)CC1. The first-order valence-corrected chi connectivity index (χ1v) is 4.82. The molecule has 0 aromatic carbocycles. The molecule has 2 rings (SSSR count). The number of aromatic nitrogens is 1. The zero-order chi connectivity index (χ0) is 10.9. The number of pyridine rings is 1. The Hall–Kier alpha value is -1.69. The molecule has 0 bridgehead atoms. The first kappa shape index (κ1) is 9.85. The highest BCUT2D eigenvalue weighted by atomic mass is 16.5. The Balaban J connectivity index is 2.57. The lowest BCUT2D eigenvalue weighted by molar-refractivity contribution is 0.370. The van der Waals surface area contributed by atoms with Gasteiger partial charge >= 0.3 is 0 Å². The van der Waals surface area contributed by atoms with Crippen molar-refractivity contribution in [2.45, 2.75) is 18.3 Å². The second-order valence-electron chi connectivity index (χ2n) is 3.62. The van der Waals surface area contributed by atoms with Gasteiger partial charge in [-0.25, -0.2) is 4.98 Å². The molecule has 0 N–H and O–H groups in total. The molecule has 15 heavy (non-hydrogen) atoms. The zero-order valence-corrected chi connectivity index (χ0v) is 8.91. The van der Waals surface area contributed by atoms with E-state index in [-0.39, 0.29) is 5.41 Å². The van der Waals surface area contributed by atoms with Crippen LogP contribution in [0.5, 0.6) is 11.6 Å². The zero-order valence-electron chi connectivity index (χ0n) is 8.91. The van der Waals surface area contributed by atoms with Crippen LogP contribution >= 0.6 is 0 Å². The van der Waals surface area contributed by atoms with Crippen LogP contribution in [0.25, 0.3) is 0 Å². The molecule has 1 aromatic rings. The molecule has 1 aliphatic carbocycles. The molecule has 0 spiro atoms. The summed E-state index contributed by atoms with van der Waals surface area (Å²) in [5.41, 5.74) is 0.697. The Bertz CT molecular complexity index is 394. The standard InChI is InChI=1S/C12H13NO2/c1-4-12(6-7-12)10-9(14-2)5-8-13-11(10)15-3/h1,5,8H,6-7H2,2-3H3. The van der Waals surface area contributed by atoms with Crippen LogP contribution in [0.2, 0.25) is 0 Å². The third-order valence-electron chi connectivity index (χ3n) is 2.80. The maximum absolute atomic E-state index is 5.56. The normalized spacial score (nSPS) is 16.6. The van der Waals surface area contributed by atoms with Gasteiger partial charge in [0.15, 0.2) is 0 Å². The minimum Gasteiger partial charge on any atom is -0.496 e. The minimum absolute atomic E-state index is 0.217. The van der Waals surface area contributed by atoms with E-state index in [1.807, 2.05) is 6.07 Å². The van der Waals surface area contributed by atoms with Crippen molar-refractivity contribution in [2.75, 3.05) is 14.2 Å². The van der Waals surface area contributed by atoms with Crippen molar-refractivity contribution in [2.24, 2.45) is 0 Å². The molecule has 0 atom stereocenters. The van der Waals surface area contributed by atoms with Gasteiger partial charge in [0.05, 0.1) is 25.2 Å². The number of hydrogen-bond donors (Lipinski definition) is 0. The second kappa shape index (κ2) is 3.47. The van der Waals surface area contributed by atoms with Gasteiger partial charge in [0.2, 0.25) is 5.88 Å². The summed E-state index contributed by atoms with van der Waals surface area (Å²) in [6, 6.07) is 1.81. The van der Waals surface area contributed by atoms with Crippen molar-refractivity contribution in [3.63, 3.8) is 0 Å². The first-order valence-electron chi connectivity index (χ1n) is 4.82. The predicted molar refractivity (Wildman–Crippen MR) is 57.1 cm³/mol. The molecule has 0 saturated heterocycles. The molecular formula is C12H13NO2. The highest BCUT2D eigenvalue weighted by molar-refractivity contribution is 5.53. The molecule has 0 amide bonds. The summed E-state index contributed by atoms with van der Waals surface area (Å²) in [4.78, 5) is 4.16. The molecule has 1 aliphatic rings. The summed E-state index contributed by atoms with van der Waals surface area (Å²) in [7, 11) is 3.22. The maximum atomic E-state index is 5.56. The monoisotopic (exact) mass is 203 g/mol. The summed E-state index contributed by atoms with van der Waals surface area (Å²) >= 11 is 0. The fraction of sp³-hybridized carbons (Fsp3) is 0.417. The summed E-state index contributed by atoms with van der Waals surface area (Å²) < 4.78 is 10.5. The second-order valence-corrected chi connectivity index (χ2v) is 3.62. The van der Waals surface area contributed by atoms with Crippen LogP contribution in [0.15, 0.2) is 12.3 Å². The van der Waals surface area contributed by atoms with Crippen molar-refractivity contribution in [3.05, 3.63) is 17.8 Å². The van der Waals surface area contributed by atoms with Crippen molar-refractivity contribution in [3.8, 4) is 24.0 Å². The maximum Gasteiger partial charge on any atom is 0.221 e. The molecule has 1 heterocycles. The number of hydrogen-bond acceptors (Lipinski definition) is 3. The van der Waals surface area contributed by atoms with Crippen molar-refractivity contribution < 1.29 is 9.47 Å². The Labute approximate surface area is 89.4 Å². The third-order valence-corrected chi connectivity index (χ3v) is 2.80. The largest absolute Gasteiger partial charge is 0.496 e. The van der Waals surface area contributed by atoms with Crippen LogP contribution in [0, 0.1) is 12.3 Å². The van der Waals surface area contributed by atoms with E-state index in [4.69, 9.17) is 15.9 Å². The molecule has 0 aliphatic heterocycles. The summed E-state index contributed by atoms with van der Waals surface area (Å²) in [6.07, 6.45) is 9.17. The highest BCUT2D eigenvalue weighted by Crippen LogP contribution is 2.53. The minimum atomic E-state index is -0.217. The Morgan fingerprint density at radius 3 is 2.60 bits per heavy atom. The molecule has 1 aromatic heterocycles. The number of rotatable bonds is 3. The van der Waals surface area contributed by atoms with Gasteiger partial charge in [-0.1, -0.05) is 5.92 Å². The van der Waals surface area contributed by atoms with E-state index in [0.717, 1.165) is 24.2 Å². The molecule has 3 nitrogen and oxygen atoms in total. The highest BCUT2D eigenvalue weighted by Gasteiger charge is 2.47. The van der Waals surface area contributed by atoms with Gasteiger partial charge in [-0.15, -0.1) is 6.42 Å². The van der Waals surface area contributed by atoms with Crippen LogP contribution < -0.4 is 9.47 Å². The van der Waals surface area contributed by atoms with Crippen LogP contribution in [-0.2, 0) is 5.41 Å². The van der Waals surface area contributed by atoms with E-state index < -0.39 is 0 Å². The lowest BCUT2D eigenvalue weighted by Crippen LogP contribution is -2.09. The van der Waals surface area contributed by atoms with Crippen molar-refractivity contribution >= 4 is 0 Å². The topological polar surface area (TPSA) is 31.4 Å². The Morgan fingerprint density at radius 1 is 1.40 bits per heavy atom. The predicted octanol–water partition coefficient (Wildman–Crippen LogP) is 1.76. The number of terminal acetylenes is 1. The molecule has 1 saturated carbocycles. The van der Waals surface area contributed by atoms with E-state index in [2.05, 4.69) is 10.9 Å². The molecule has 1 fully saturated rings. The summed E-state index contributed by atoms with van der Waals surface area (Å²) in [5, 5.41) is 0. The van der Waals surface area contributed by atoms with Gasteiger partial charge in [0, 0.05) is 6.20 Å². The molecule has 3 heteroatoms. The van der Waals surface area contributed by atoms with Gasteiger partial charge < -0.3 is 9.47 Å². The number of ether oxygens (including phenoxy) is 2. The fourth-order valence-corrected chi connectivity index (χ4v) is 1.78. The van der Waals surface area contributed by atoms with Gasteiger partial charge in [-0.05, 0) is 18.9 Å². The Morgan fingerprint density at radius 2 is 2.13 bits per heavy atom. The summed E-state index contributed by atoms with van der Waals surface area (Å²) in [5.74, 6) is 4.15. The third kappa shape index (κ3) is 1.42. The van der Waals surface area contributed by atoms with E-state index >= 15 is 0 Å². The fourth-order valence-electron chi connectivity index (χ4n) is 1.78. The van der Waals surface area contributed by atoms with E-state index in [1.54, 1.807) is 20.4 Å². The lowest BCUT2D eigenvalue weighted by Gasteiger charge is -2.15. The number of nitrogens with zero attached hydrogens (tertiary/aromatic N) is 1. The van der Waals surface area contributed by atoms with Crippen molar-refractivity contribution in [1.29, 1.82) is 0 Å². The van der Waals surface area contributed by atoms with Crippen molar-refractivity contribution in [1.82, 2.24) is 4.98 Å². The quantitative estimate of drug-likeness (QED) is 0.701. The molecular weight excluding hydrogens is 190 g/mol. The van der Waals surface area contributed by atoms with Crippen LogP contribution in [-0.4, -0.2) is 19.2 Å². The average molecular weight is 203 g/mol. The van der Waals surface area contributed by atoms with Gasteiger partial charge in [0.1, 0.15) is 5.75 Å². The van der Waals surface area contributed by atoms with Crippen LogP contribution in [0.4, 0.5) is 0 Å². The smallest absolute Gasteiger partial charge is 0.221 e. The van der Waals surface area contributed by atoms with E-state index in [0.29, 0.717) is 5.88 Å². The average Bonchev–Trinajstić information content (AvgIpc) is 3.08. The molecule has 0 unspecified atom stereocenters. The molecule has 78 valence electrons. The van der Waals surface area contributed by atoms with Gasteiger partial charge in [0.25, 0.3) is 0 Å². The number of methoxy groups -OCH3 is 2. The van der Waals surface area contributed by atoms with Crippen LogP contribution in [0.1, 0.15) is 18.4 Å². The summed E-state index contributed by atoms with van der Waals surface area (Å²) in [6.45, 7) is 0. The first-order chi connectivity index (χ1) is 7.27. The lowest BCUT2D eigenvalue weighted by atomic mass is 9.97. The Kier molecular flexibility index (Phi) is 2.28.